The van der Waals surface area contributed by atoms with Crippen LogP contribution in [0.4, 0.5) is 18.9 Å². The van der Waals surface area contributed by atoms with Gasteiger partial charge in [0, 0.05) is 30.5 Å². The topological polar surface area (TPSA) is 67.2 Å². The maximum atomic E-state index is 12.5. The molecule has 0 saturated carbocycles. The van der Waals surface area contributed by atoms with Gasteiger partial charge in [0.15, 0.2) is 5.69 Å². The van der Waals surface area contributed by atoms with E-state index in [4.69, 9.17) is 0 Å². The molecule has 2 amide bonds. The van der Waals surface area contributed by atoms with Crippen LogP contribution in [-0.4, -0.2) is 39.6 Å². The molecule has 1 aromatic heterocycles. The number of nitrogens with zero attached hydrogens (tertiary/aromatic N) is 3. The first-order valence-electron chi connectivity index (χ1n) is 8.04. The van der Waals surface area contributed by atoms with E-state index in [0.29, 0.717) is 24.3 Å². The van der Waals surface area contributed by atoms with Crippen molar-refractivity contribution in [2.24, 2.45) is 0 Å². The first kappa shape index (κ1) is 19.5. The Bertz CT molecular complexity index is 765. The van der Waals surface area contributed by atoms with Crippen LogP contribution in [0.25, 0.3) is 0 Å². The molecule has 6 nitrogen and oxygen atoms in total. The molecule has 1 N–H and O–H groups in total. The first-order valence-corrected chi connectivity index (χ1v) is 8.04. The fraction of sp³-hybridized carbons (Fsp3) is 0.353. The molecule has 0 fully saturated rings. The number of carbonyl (C=O) groups is 2. The molecule has 0 radical (unpaired) electrons. The molecule has 0 atom stereocenters. The van der Waals surface area contributed by atoms with Crippen LogP contribution in [0.5, 0.6) is 0 Å². The Balaban J connectivity index is 1.97. The lowest BCUT2D eigenvalue weighted by Gasteiger charge is -2.18. The standard InChI is InChI=1S/C17H19F3N4O2/c1-3-23(4-2)16(26)12-5-7-13(8-6-12)21-15(25)11-24-10-9-14(22-24)17(18,19)20/h5-10H,3-4,11H2,1-2H3,(H,21,25). The monoisotopic (exact) mass is 368 g/mol. The zero-order chi connectivity index (χ0) is 19.3. The first-order chi connectivity index (χ1) is 12.2. The van der Waals surface area contributed by atoms with Gasteiger partial charge in [0.05, 0.1) is 0 Å². The Kier molecular flexibility index (Phi) is 6.01. The number of hydrogen-bond donors (Lipinski definition) is 1. The van der Waals surface area contributed by atoms with Crippen molar-refractivity contribution < 1.29 is 22.8 Å². The third-order valence-corrected chi connectivity index (χ3v) is 3.70. The van der Waals surface area contributed by atoms with Gasteiger partial charge in [-0.2, -0.15) is 18.3 Å². The second-order valence-corrected chi connectivity index (χ2v) is 5.50. The van der Waals surface area contributed by atoms with E-state index in [0.717, 1.165) is 16.9 Å². The summed E-state index contributed by atoms with van der Waals surface area (Å²) in [4.78, 5) is 25.8. The average Bonchev–Trinajstić information content (AvgIpc) is 3.05. The molecule has 9 heteroatoms. The summed E-state index contributed by atoms with van der Waals surface area (Å²) in [6.07, 6.45) is -3.46. The number of alkyl halides is 3. The number of nitrogens with one attached hydrogen (secondary N) is 1. The van der Waals surface area contributed by atoms with Gasteiger partial charge in [0.25, 0.3) is 5.91 Å². The number of halogens is 3. The second kappa shape index (κ2) is 8.03. The number of amides is 2. The summed E-state index contributed by atoms with van der Waals surface area (Å²) < 4.78 is 38.4. The van der Waals surface area contributed by atoms with Crippen molar-refractivity contribution >= 4 is 17.5 Å². The minimum Gasteiger partial charge on any atom is -0.339 e. The van der Waals surface area contributed by atoms with E-state index >= 15 is 0 Å². The van der Waals surface area contributed by atoms with Crippen molar-refractivity contribution in [3.63, 3.8) is 0 Å². The van der Waals surface area contributed by atoms with Gasteiger partial charge in [-0.15, -0.1) is 0 Å². The molecule has 0 aliphatic heterocycles. The molecule has 2 aromatic rings. The summed E-state index contributed by atoms with van der Waals surface area (Å²) in [5.74, 6) is -0.631. The van der Waals surface area contributed by atoms with Gasteiger partial charge >= 0.3 is 6.18 Å². The number of carbonyl (C=O) groups excluding carboxylic acids is 2. The van der Waals surface area contributed by atoms with E-state index in [1.165, 1.54) is 0 Å². The molecule has 0 aliphatic carbocycles. The van der Waals surface area contributed by atoms with Crippen LogP contribution >= 0.6 is 0 Å². The quantitative estimate of drug-likeness (QED) is 0.852. The van der Waals surface area contributed by atoms with E-state index in [9.17, 15) is 22.8 Å². The molecule has 0 bridgehead atoms. The Morgan fingerprint density at radius 3 is 2.23 bits per heavy atom. The minimum absolute atomic E-state index is 0.107. The van der Waals surface area contributed by atoms with E-state index in [2.05, 4.69) is 10.4 Å². The molecule has 1 heterocycles. The van der Waals surface area contributed by atoms with Gasteiger partial charge < -0.3 is 10.2 Å². The van der Waals surface area contributed by atoms with E-state index in [1.807, 2.05) is 13.8 Å². The van der Waals surface area contributed by atoms with E-state index in [1.54, 1.807) is 29.2 Å². The molecule has 0 saturated heterocycles. The summed E-state index contributed by atoms with van der Waals surface area (Å²) >= 11 is 0. The molecule has 0 aliphatic rings. The zero-order valence-corrected chi connectivity index (χ0v) is 14.4. The fourth-order valence-electron chi connectivity index (χ4n) is 2.34. The minimum atomic E-state index is -4.55. The van der Waals surface area contributed by atoms with E-state index < -0.39 is 17.8 Å². The fourth-order valence-corrected chi connectivity index (χ4v) is 2.34. The number of rotatable bonds is 6. The maximum Gasteiger partial charge on any atom is 0.435 e. The van der Waals surface area contributed by atoms with Gasteiger partial charge in [0.2, 0.25) is 5.91 Å². The number of anilines is 1. The van der Waals surface area contributed by atoms with Crippen molar-refractivity contribution in [3.05, 3.63) is 47.8 Å². The highest BCUT2D eigenvalue weighted by molar-refractivity contribution is 5.95. The number of aromatic nitrogens is 2. The average molecular weight is 368 g/mol. The van der Waals surface area contributed by atoms with Crippen LogP contribution < -0.4 is 5.32 Å². The van der Waals surface area contributed by atoms with Crippen LogP contribution in [0.2, 0.25) is 0 Å². The highest BCUT2D eigenvalue weighted by Gasteiger charge is 2.33. The van der Waals surface area contributed by atoms with Crippen LogP contribution in [0.3, 0.4) is 0 Å². The molecular weight excluding hydrogens is 349 g/mol. The Hall–Kier alpha value is -2.84. The molecule has 2 rings (SSSR count). The highest BCUT2D eigenvalue weighted by atomic mass is 19.4. The van der Waals surface area contributed by atoms with Gasteiger partial charge in [-0.05, 0) is 44.2 Å². The molecule has 0 spiro atoms. The lowest BCUT2D eigenvalue weighted by atomic mass is 10.1. The normalized spacial score (nSPS) is 11.3. The van der Waals surface area contributed by atoms with Crippen LogP contribution in [0, 0.1) is 0 Å². The van der Waals surface area contributed by atoms with Crippen LogP contribution in [0.1, 0.15) is 29.9 Å². The lowest BCUT2D eigenvalue weighted by Crippen LogP contribution is -2.30. The number of benzene rings is 1. The van der Waals surface area contributed by atoms with Crippen molar-refractivity contribution in [3.8, 4) is 0 Å². The third kappa shape index (κ3) is 4.84. The van der Waals surface area contributed by atoms with Gasteiger partial charge in [0.1, 0.15) is 6.54 Å². The summed E-state index contributed by atoms with van der Waals surface area (Å²) in [7, 11) is 0. The summed E-state index contributed by atoms with van der Waals surface area (Å²) in [5.41, 5.74) is -0.118. The van der Waals surface area contributed by atoms with Crippen LogP contribution in [-0.2, 0) is 17.5 Å². The molecule has 0 unspecified atom stereocenters. The Morgan fingerprint density at radius 1 is 1.12 bits per heavy atom. The molecular formula is C17H19F3N4O2. The summed E-state index contributed by atoms with van der Waals surface area (Å²) in [6.45, 7) is 4.61. The summed E-state index contributed by atoms with van der Waals surface area (Å²) in [6, 6.07) is 7.12. The molecule has 26 heavy (non-hydrogen) atoms. The predicted molar refractivity (Wildman–Crippen MR) is 89.6 cm³/mol. The molecule has 1 aromatic carbocycles. The smallest absolute Gasteiger partial charge is 0.339 e. The Morgan fingerprint density at radius 2 is 1.73 bits per heavy atom. The van der Waals surface area contributed by atoms with Crippen LogP contribution in [0.15, 0.2) is 36.5 Å². The SMILES string of the molecule is CCN(CC)C(=O)c1ccc(NC(=O)Cn2ccc(C(F)(F)F)n2)cc1. The third-order valence-electron chi connectivity index (χ3n) is 3.70. The zero-order valence-electron chi connectivity index (χ0n) is 14.4. The van der Waals surface area contributed by atoms with Crippen molar-refractivity contribution in [2.75, 3.05) is 18.4 Å². The van der Waals surface area contributed by atoms with Gasteiger partial charge in [-0.1, -0.05) is 0 Å². The lowest BCUT2D eigenvalue weighted by molar-refractivity contribution is -0.141. The number of hydrogen-bond acceptors (Lipinski definition) is 3. The van der Waals surface area contributed by atoms with E-state index in [-0.39, 0.29) is 12.5 Å². The Labute approximate surface area is 148 Å². The van der Waals surface area contributed by atoms with Crippen molar-refractivity contribution in [1.29, 1.82) is 0 Å². The van der Waals surface area contributed by atoms with Gasteiger partial charge in [-0.25, -0.2) is 0 Å². The largest absolute Gasteiger partial charge is 0.435 e. The highest BCUT2D eigenvalue weighted by Crippen LogP contribution is 2.27. The predicted octanol–water partition coefficient (Wildman–Crippen LogP) is 3.02. The van der Waals surface area contributed by atoms with Crippen molar-refractivity contribution in [1.82, 2.24) is 14.7 Å². The van der Waals surface area contributed by atoms with Gasteiger partial charge in [-0.3, -0.25) is 14.3 Å². The second-order valence-electron chi connectivity index (χ2n) is 5.50. The summed E-state index contributed by atoms with van der Waals surface area (Å²) in [5, 5.41) is 5.88. The molecule has 140 valence electrons. The van der Waals surface area contributed by atoms with Crippen molar-refractivity contribution in [2.45, 2.75) is 26.6 Å². The maximum absolute atomic E-state index is 12.5.